The lowest BCUT2D eigenvalue weighted by atomic mass is 9.86. The molecule has 40 heavy (non-hydrogen) atoms. The monoisotopic (exact) mass is 587 g/mol. The fraction of sp³-hybridized carbons (Fsp3) is 0.464. The molecule has 2 N–H and O–H groups in total. The summed E-state index contributed by atoms with van der Waals surface area (Å²) < 4.78 is 37.6. The number of guanidine groups is 2. The number of morpholine rings is 1. The summed E-state index contributed by atoms with van der Waals surface area (Å²) in [4.78, 5) is 6.53. The molecule has 10 nitrogen and oxygen atoms in total. The van der Waals surface area contributed by atoms with Crippen LogP contribution in [0.5, 0.6) is 0 Å². The van der Waals surface area contributed by atoms with Crippen LogP contribution in [0, 0.1) is 0 Å². The van der Waals surface area contributed by atoms with Crippen molar-refractivity contribution in [1.29, 1.82) is 0 Å². The molecule has 0 spiro atoms. The topological polar surface area (TPSA) is 116 Å². The van der Waals surface area contributed by atoms with Gasteiger partial charge in [-0.1, -0.05) is 67.9 Å². The first-order chi connectivity index (χ1) is 19.3. The van der Waals surface area contributed by atoms with Crippen LogP contribution in [0.2, 0.25) is 5.02 Å². The summed E-state index contributed by atoms with van der Waals surface area (Å²) in [6.07, 6.45) is 2.41. The second kappa shape index (κ2) is 14.1. The zero-order valence-corrected chi connectivity index (χ0v) is 24.7. The highest BCUT2D eigenvalue weighted by atomic mass is 35.5. The number of halogens is 1. The Balaban J connectivity index is 1.80. The molecule has 0 saturated carbocycles. The largest absolute Gasteiger partial charge is 0.379 e. The van der Waals surface area contributed by atoms with Gasteiger partial charge in [0, 0.05) is 43.7 Å². The summed E-state index contributed by atoms with van der Waals surface area (Å²) in [5.74, 6) is 0.154. The Kier molecular flexibility index (Phi) is 10.5. The third kappa shape index (κ3) is 7.60. The van der Waals surface area contributed by atoms with E-state index in [4.69, 9.17) is 27.2 Å². The number of ether oxygens (including phenoxy) is 1. The van der Waals surface area contributed by atoms with E-state index in [2.05, 4.69) is 35.4 Å². The molecule has 0 aliphatic carbocycles. The van der Waals surface area contributed by atoms with Gasteiger partial charge in [-0.3, -0.25) is 0 Å². The lowest BCUT2D eigenvalue weighted by Crippen LogP contribution is -2.43. The summed E-state index contributed by atoms with van der Waals surface area (Å²) in [7, 11) is -4.05. The van der Waals surface area contributed by atoms with Crippen LogP contribution in [0.25, 0.3) is 0 Å². The van der Waals surface area contributed by atoms with Gasteiger partial charge in [-0.25, -0.2) is 5.01 Å². The molecule has 0 aromatic heterocycles. The third-order valence-corrected chi connectivity index (χ3v) is 8.44. The summed E-state index contributed by atoms with van der Waals surface area (Å²) in [5.41, 5.74) is 9.23. The van der Waals surface area contributed by atoms with E-state index < -0.39 is 10.2 Å². The van der Waals surface area contributed by atoms with Crippen molar-refractivity contribution in [1.82, 2.24) is 14.2 Å². The molecule has 2 aromatic rings. The van der Waals surface area contributed by atoms with Crippen molar-refractivity contribution in [2.45, 2.75) is 39.0 Å². The van der Waals surface area contributed by atoms with Gasteiger partial charge in [0.25, 0.3) is 5.96 Å². The van der Waals surface area contributed by atoms with E-state index in [1.165, 1.54) is 4.31 Å². The van der Waals surface area contributed by atoms with Crippen molar-refractivity contribution < 1.29 is 13.2 Å². The second-order valence-corrected chi connectivity index (χ2v) is 11.7. The summed E-state index contributed by atoms with van der Waals surface area (Å²) in [5, 5.41) is 7.14. The van der Waals surface area contributed by atoms with Crippen LogP contribution in [-0.2, 0) is 14.9 Å². The molecule has 2 heterocycles. The lowest BCUT2D eigenvalue weighted by molar-refractivity contribution is 0.0730. The molecule has 1 unspecified atom stereocenters. The van der Waals surface area contributed by atoms with E-state index in [1.807, 2.05) is 47.4 Å². The highest BCUT2D eigenvalue weighted by Gasteiger charge is 2.31. The maximum absolute atomic E-state index is 13.4. The van der Waals surface area contributed by atoms with Gasteiger partial charge >= 0.3 is 10.2 Å². The molecule has 4 rings (SSSR count). The van der Waals surface area contributed by atoms with Crippen LogP contribution in [-0.4, -0.2) is 86.2 Å². The van der Waals surface area contributed by atoms with E-state index in [1.54, 1.807) is 5.01 Å². The Hall–Kier alpha value is -2.99. The molecule has 216 valence electrons. The van der Waals surface area contributed by atoms with Crippen LogP contribution >= 0.6 is 11.6 Å². The summed E-state index contributed by atoms with van der Waals surface area (Å²) in [6, 6.07) is 17.6. The van der Waals surface area contributed by atoms with E-state index >= 15 is 0 Å². The molecule has 1 fully saturated rings. The molecule has 2 aromatic carbocycles. The van der Waals surface area contributed by atoms with E-state index in [-0.39, 0.29) is 30.9 Å². The van der Waals surface area contributed by atoms with Gasteiger partial charge in [-0.2, -0.15) is 22.8 Å². The Morgan fingerprint density at radius 2 is 1.70 bits per heavy atom. The maximum Gasteiger partial charge on any atom is 0.325 e. The van der Waals surface area contributed by atoms with Gasteiger partial charge in [0.2, 0.25) is 0 Å². The van der Waals surface area contributed by atoms with Crippen molar-refractivity contribution in [3.8, 4) is 0 Å². The highest BCUT2D eigenvalue weighted by molar-refractivity contribution is 7.87. The van der Waals surface area contributed by atoms with Crippen LogP contribution in [0.15, 0.2) is 69.1 Å². The minimum absolute atomic E-state index is 0.00580. The average Bonchev–Trinajstić information content (AvgIpc) is 2.97. The first-order valence-corrected chi connectivity index (χ1v) is 15.5. The molecule has 1 atom stereocenters. The quantitative estimate of drug-likeness (QED) is 0.370. The Labute approximate surface area is 242 Å². The molecule has 1 saturated heterocycles. The van der Waals surface area contributed by atoms with Gasteiger partial charge in [-0.15, -0.1) is 4.40 Å². The van der Waals surface area contributed by atoms with Gasteiger partial charge in [0.1, 0.15) is 0 Å². The molecule has 2 aliphatic heterocycles. The Bertz CT molecular complexity index is 1310. The van der Waals surface area contributed by atoms with Crippen LogP contribution in [0.4, 0.5) is 0 Å². The van der Waals surface area contributed by atoms with Crippen molar-refractivity contribution >= 4 is 39.4 Å². The van der Waals surface area contributed by atoms with Gasteiger partial charge < -0.3 is 15.4 Å². The molecular formula is C28H38ClN7O3S. The zero-order chi connectivity index (χ0) is 28.5. The Morgan fingerprint density at radius 1 is 1.05 bits per heavy atom. The van der Waals surface area contributed by atoms with E-state index in [9.17, 15) is 8.42 Å². The van der Waals surface area contributed by atoms with Crippen LogP contribution in [0.3, 0.4) is 0 Å². The summed E-state index contributed by atoms with van der Waals surface area (Å²) in [6.45, 7) is 7.01. The fourth-order valence-electron chi connectivity index (χ4n) is 4.79. The van der Waals surface area contributed by atoms with Crippen molar-refractivity contribution in [3.63, 3.8) is 0 Å². The summed E-state index contributed by atoms with van der Waals surface area (Å²) >= 11 is 6.18. The Morgan fingerprint density at radius 3 is 2.33 bits per heavy atom. The van der Waals surface area contributed by atoms with Gasteiger partial charge in [0.05, 0.1) is 18.9 Å². The molecule has 12 heteroatoms. The van der Waals surface area contributed by atoms with Crippen LogP contribution in [0.1, 0.15) is 50.2 Å². The number of nitrogens with zero attached hydrogens (tertiary/aromatic N) is 6. The predicted molar refractivity (Wildman–Crippen MR) is 161 cm³/mol. The maximum atomic E-state index is 13.4. The number of aliphatic imine (C=N–C) groups is 1. The highest BCUT2D eigenvalue weighted by Crippen LogP contribution is 2.30. The molecule has 2 aliphatic rings. The number of rotatable bonds is 8. The standard InChI is InChI=1S/C28H38ClN7O3S/c1-3-15-34(16-4-2)27(30)31-28(33-40(37,38)35-18-20-39-21-19-35)36-17-14-25(22-8-6-5-7-9-22)26(32-36)23-10-12-24(29)13-11-23/h5-13,25H,3-4,14-21H2,1-2H3,(H2,30,31,33). The first-order valence-electron chi connectivity index (χ1n) is 13.8. The van der Waals surface area contributed by atoms with Crippen molar-refractivity contribution in [3.05, 3.63) is 70.7 Å². The molecule has 0 amide bonds. The normalized spacial score (nSPS) is 19.4. The second-order valence-electron chi connectivity index (χ2n) is 9.70. The number of nitrogens with two attached hydrogens (primary N) is 1. The van der Waals surface area contributed by atoms with Gasteiger partial charge in [-0.05, 0) is 42.5 Å². The number of hydrogen-bond donors (Lipinski definition) is 1. The average molecular weight is 588 g/mol. The van der Waals surface area contributed by atoms with E-state index in [0.29, 0.717) is 44.3 Å². The number of hydrogen-bond acceptors (Lipinski definition) is 4. The minimum Gasteiger partial charge on any atom is -0.379 e. The number of hydrazone groups is 1. The zero-order valence-electron chi connectivity index (χ0n) is 23.1. The van der Waals surface area contributed by atoms with Crippen molar-refractivity contribution in [2.75, 3.05) is 45.9 Å². The molecule has 0 radical (unpaired) electrons. The predicted octanol–water partition coefficient (Wildman–Crippen LogP) is 3.90. The fourth-order valence-corrected chi connectivity index (χ4v) is 5.98. The minimum atomic E-state index is -4.05. The SMILES string of the molecule is CCCN(CCC)/C(N)=N/C(=N\S(=O)(=O)N1CCOCC1)N1CCC(c2ccccc2)C(c2ccc(Cl)cc2)=N1. The smallest absolute Gasteiger partial charge is 0.325 e. The van der Waals surface area contributed by atoms with E-state index in [0.717, 1.165) is 29.7 Å². The third-order valence-electron chi connectivity index (χ3n) is 6.78. The molecular weight excluding hydrogens is 550 g/mol. The van der Waals surface area contributed by atoms with Crippen LogP contribution < -0.4 is 5.73 Å². The number of benzene rings is 2. The van der Waals surface area contributed by atoms with Crippen molar-refractivity contribution in [2.24, 2.45) is 20.2 Å². The first kappa shape index (κ1) is 30.0. The lowest BCUT2D eigenvalue weighted by Gasteiger charge is -2.32. The molecule has 0 bridgehead atoms. The van der Waals surface area contributed by atoms with Gasteiger partial charge in [0.15, 0.2) is 5.96 Å².